The Kier molecular flexibility index (Phi) is 4.16. The van der Waals surface area contributed by atoms with Crippen molar-refractivity contribution >= 4 is 0 Å². The maximum atomic E-state index is 5.70. The number of ether oxygens (including phenoxy) is 2. The predicted octanol–water partition coefficient (Wildman–Crippen LogP) is 1.66. The van der Waals surface area contributed by atoms with Gasteiger partial charge >= 0.3 is 0 Å². The van der Waals surface area contributed by atoms with Crippen LogP contribution in [0.3, 0.4) is 0 Å². The zero-order chi connectivity index (χ0) is 9.73. The first kappa shape index (κ1) is 11.0. The molecule has 0 radical (unpaired) electrons. The van der Waals surface area contributed by atoms with Crippen molar-refractivity contribution in [2.24, 2.45) is 5.73 Å². The summed E-state index contributed by atoms with van der Waals surface area (Å²) in [7, 11) is 0. The van der Waals surface area contributed by atoms with E-state index in [1.807, 2.05) is 6.92 Å². The largest absolute Gasteiger partial charge is 0.347 e. The van der Waals surface area contributed by atoms with E-state index in [9.17, 15) is 0 Å². The van der Waals surface area contributed by atoms with Crippen molar-refractivity contribution in [1.29, 1.82) is 0 Å². The third kappa shape index (κ3) is 3.25. The molecule has 0 aliphatic carbocycles. The zero-order valence-electron chi connectivity index (χ0n) is 8.71. The molecule has 3 nitrogen and oxygen atoms in total. The zero-order valence-corrected chi connectivity index (χ0v) is 8.71. The van der Waals surface area contributed by atoms with E-state index in [1.165, 1.54) is 19.3 Å². The summed E-state index contributed by atoms with van der Waals surface area (Å²) < 4.78 is 11.3. The van der Waals surface area contributed by atoms with Crippen LogP contribution >= 0.6 is 0 Å². The van der Waals surface area contributed by atoms with E-state index in [4.69, 9.17) is 15.2 Å². The van der Waals surface area contributed by atoms with Crippen LogP contribution in [0, 0.1) is 0 Å². The van der Waals surface area contributed by atoms with Gasteiger partial charge in [0.15, 0.2) is 5.79 Å². The van der Waals surface area contributed by atoms with Gasteiger partial charge in [0.25, 0.3) is 0 Å². The highest BCUT2D eigenvalue weighted by molar-refractivity contribution is 4.75. The molecule has 2 atom stereocenters. The minimum absolute atomic E-state index is 0.103. The first-order chi connectivity index (χ1) is 6.20. The Hall–Kier alpha value is -0.120. The van der Waals surface area contributed by atoms with E-state index in [1.54, 1.807) is 0 Å². The highest BCUT2D eigenvalue weighted by Gasteiger charge is 2.35. The van der Waals surface area contributed by atoms with Gasteiger partial charge in [-0.1, -0.05) is 19.8 Å². The summed E-state index contributed by atoms with van der Waals surface area (Å²) >= 11 is 0. The molecule has 0 aromatic rings. The monoisotopic (exact) mass is 187 g/mol. The van der Waals surface area contributed by atoms with Crippen LogP contribution in [0.25, 0.3) is 0 Å². The molecule has 0 amide bonds. The molecule has 2 N–H and O–H groups in total. The summed E-state index contributed by atoms with van der Waals surface area (Å²) in [4.78, 5) is 0. The minimum Gasteiger partial charge on any atom is -0.347 e. The Balaban J connectivity index is 2.23. The van der Waals surface area contributed by atoms with E-state index in [0.29, 0.717) is 13.2 Å². The van der Waals surface area contributed by atoms with Crippen LogP contribution in [0.1, 0.15) is 39.5 Å². The van der Waals surface area contributed by atoms with Gasteiger partial charge in [-0.3, -0.25) is 0 Å². The summed E-state index contributed by atoms with van der Waals surface area (Å²) in [5.74, 6) is -0.362. The van der Waals surface area contributed by atoms with Gasteiger partial charge in [0, 0.05) is 13.0 Å². The van der Waals surface area contributed by atoms with Crippen LogP contribution in [0.15, 0.2) is 0 Å². The summed E-state index contributed by atoms with van der Waals surface area (Å²) in [5.41, 5.74) is 5.50. The second kappa shape index (κ2) is 4.94. The highest BCUT2D eigenvalue weighted by Crippen LogP contribution is 2.28. The highest BCUT2D eigenvalue weighted by atomic mass is 16.7. The van der Waals surface area contributed by atoms with Crippen LogP contribution in [-0.2, 0) is 9.47 Å². The molecule has 78 valence electrons. The third-order valence-electron chi connectivity index (χ3n) is 2.49. The fraction of sp³-hybridized carbons (Fsp3) is 1.00. The summed E-state index contributed by atoms with van der Waals surface area (Å²) in [6.07, 6.45) is 4.74. The molecule has 1 rings (SSSR count). The molecule has 0 bridgehead atoms. The second-order valence-corrected chi connectivity index (χ2v) is 3.88. The van der Waals surface area contributed by atoms with E-state index < -0.39 is 0 Å². The Morgan fingerprint density at radius 3 is 2.77 bits per heavy atom. The lowest BCUT2D eigenvalue weighted by atomic mass is 10.1. The number of hydrogen-bond donors (Lipinski definition) is 1. The fourth-order valence-electron chi connectivity index (χ4n) is 1.63. The van der Waals surface area contributed by atoms with E-state index >= 15 is 0 Å². The van der Waals surface area contributed by atoms with Crippen molar-refractivity contribution in [2.45, 2.75) is 51.4 Å². The van der Waals surface area contributed by atoms with Crippen LogP contribution < -0.4 is 5.73 Å². The van der Waals surface area contributed by atoms with Crippen LogP contribution in [-0.4, -0.2) is 25.0 Å². The quantitative estimate of drug-likeness (QED) is 0.666. The molecular weight excluding hydrogens is 166 g/mol. The summed E-state index contributed by atoms with van der Waals surface area (Å²) in [6, 6.07) is 0. The number of nitrogens with two attached hydrogens (primary N) is 1. The lowest BCUT2D eigenvalue weighted by Gasteiger charge is -2.22. The lowest BCUT2D eigenvalue weighted by Crippen LogP contribution is -2.29. The maximum Gasteiger partial charge on any atom is 0.166 e. The average Bonchev–Trinajstić information content (AvgIpc) is 2.49. The van der Waals surface area contributed by atoms with Gasteiger partial charge in [0.05, 0.1) is 12.7 Å². The molecule has 0 saturated carbocycles. The van der Waals surface area contributed by atoms with Crippen LogP contribution in [0.5, 0.6) is 0 Å². The molecule has 1 fully saturated rings. The topological polar surface area (TPSA) is 44.5 Å². The van der Waals surface area contributed by atoms with Crippen molar-refractivity contribution in [3.8, 4) is 0 Å². The molecule has 1 heterocycles. The number of unbranched alkanes of at least 4 members (excludes halogenated alkanes) is 2. The van der Waals surface area contributed by atoms with Crippen LogP contribution in [0.4, 0.5) is 0 Å². The molecular formula is C10H21NO2. The van der Waals surface area contributed by atoms with Crippen molar-refractivity contribution in [3.63, 3.8) is 0 Å². The standard InChI is InChI=1S/C10H21NO2/c1-3-4-5-6-10(2)12-8-9(7-11)13-10/h9H,3-8,11H2,1-2H3. The normalized spacial score (nSPS) is 33.9. The average molecular weight is 187 g/mol. The number of rotatable bonds is 5. The van der Waals surface area contributed by atoms with Crippen molar-refractivity contribution in [1.82, 2.24) is 0 Å². The first-order valence-corrected chi connectivity index (χ1v) is 5.22. The van der Waals surface area contributed by atoms with E-state index in [-0.39, 0.29) is 11.9 Å². The van der Waals surface area contributed by atoms with Gasteiger partial charge in [-0.15, -0.1) is 0 Å². The molecule has 0 spiro atoms. The van der Waals surface area contributed by atoms with Gasteiger partial charge in [0.2, 0.25) is 0 Å². The minimum atomic E-state index is -0.362. The molecule has 0 aromatic carbocycles. The van der Waals surface area contributed by atoms with Gasteiger partial charge in [-0.2, -0.15) is 0 Å². The Bertz CT molecular complexity index is 152. The maximum absolute atomic E-state index is 5.70. The molecule has 13 heavy (non-hydrogen) atoms. The summed E-state index contributed by atoms with van der Waals surface area (Å²) in [5, 5.41) is 0. The van der Waals surface area contributed by atoms with E-state index in [0.717, 1.165) is 6.42 Å². The molecule has 3 heteroatoms. The first-order valence-electron chi connectivity index (χ1n) is 5.22. The molecule has 1 saturated heterocycles. The molecule has 1 aliphatic rings. The Morgan fingerprint density at radius 1 is 1.46 bits per heavy atom. The van der Waals surface area contributed by atoms with E-state index in [2.05, 4.69) is 6.92 Å². The van der Waals surface area contributed by atoms with Crippen molar-refractivity contribution in [2.75, 3.05) is 13.2 Å². The van der Waals surface area contributed by atoms with Crippen molar-refractivity contribution < 1.29 is 9.47 Å². The fourth-order valence-corrected chi connectivity index (χ4v) is 1.63. The summed E-state index contributed by atoms with van der Waals surface area (Å²) in [6.45, 7) is 5.42. The Morgan fingerprint density at radius 2 is 2.23 bits per heavy atom. The Labute approximate surface area is 80.6 Å². The van der Waals surface area contributed by atoms with Crippen LogP contribution in [0.2, 0.25) is 0 Å². The molecule has 1 aliphatic heterocycles. The molecule has 2 unspecified atom stereocenters. The second-order valence-electron chi connectivity index (χ2n) is 3.88. The SMILES string of the molecule is CCCCCC1(C)OCC(CN)O1. The van der Waals surface area contributed by atoms with Gasteiger partial charge in [-0.25, -0.2) is 0 Å². The van der Waals surface area contributed by atoms with Gasteiger partial charge < -0.3 is 15.2 Å². The number of hydrogen-bond acceptors (Lipinski definition) is 3. The predicted molar refractivity (Wildman–Crippen MR) is 52.4 cm³/mol. The smallest absolute Gasteiger partial charge is 0.166 e. The lowest BCUT2D eigenvalue weighted by molar-refractivity contribution is -0.158. The molecule has 0 aromatic heterocycles. The third-order valence-corrected chi connectivity index (χ3v) is 2.49. The van der Waals surface area contributed by atoms with Gasteiger partial charge in [-0.05, 0) is 13.3 Å². The van der Waals surface area contributed by atoms with Crippen molar-refractivity contribution in [3.05, 3.63) is 0 Å². The van der Waals surface area contributed by atoms with Gasteiger partial charge in [0.1, 0.15) is 0 Å².